The third kappa shape index (κ3) is 6.31. The Morgan fingerprint density at radius 3 is 2.52 bits per heavy atom. The molecule has 2 aromatic carbocycles. The number of hydrogen-bond donors (Lipinski definition) is 1. The third-order valence-electron chi connectivity index (χ3n) is 5.52. The first-order chi connectivity index (χ1) is 15.5. The van der Waals surface area contributed by atoms with Gasteiger partial charge in [0.15, 0.2) is 0 Å². The summed E-state index contributed by atoms with van der Waals surface area (Å²) in [5, 5.41) is 3.09. The lowest BCUT2D eigenvalue weighted by Gasteiger charge is -2.38. The Bertz CT molecular complexity index is 1100. The van der Waals surface area contributed by atoms with Gasteiger partial charge < -0.3 is 19.5 Å². The molecule has 0 unspecified atom stereocenters. The topological polar surface area (TPSA) is 94.2 Å². The highest BCUT2D eigenvalue weighted by Crippen LogP contribution is 2.41. The summed E-state index contributed by atoms with van der Waals surface area (Å²) >= 11 is 0. The minimum absolute atomic E-state index is 0.148. The summed E-state index contributed by atoms with van der Waals surface area (Å²) in [6.45, 7) is 4.15. The Balaban J connectivity index is 1.67. The van der Waals surface area contributed by atoms with Crippen LogP contribution >= 0.6 is 0 Å². The number of carbonyl (C=O) groups excluding carboxylic acids is 1. The van der Waals surface area contributed by atoms with Crippen LogP contribution in [0.1, 0.15) is 44.7 Å². The van der Waals surface area contributed by atoms with Crippen molar-refractivity contribution < 1.29 is 27.4 Å². The molecule has 1 amide bonds. The molecule has 0 spiro atoms. The molecule has 0 saturated carbocycles. The number of methoxy groups -OCH3 is 2. The van der Waals surface area contributed by atoms with Gasteiger partial charge in [0.05, 0.1) is 32.2 Å². The van der Waals surface area contributed by atoms with Crippen molar-refractivity contribution in [3.8, 4) is 17.2 Å². The van der Waals surface area contributed by atoms with Crippen LogP contribution in [0.3, 0.4) is 0 Å². The molecule has 0 aromatic heterocycles. The number of benzene rings is 2. The molecule has 33 heavy (non-hydrogen) atoms. The lowest BCUT2D eigenvalue weighted by Crippen LogP contribution is -2.41. The molecule has 1 atom stereocenters. The Hall–Kier alpha value is -2.94. The number of anilines is 1. The highest BCUT2D eigenvalue weighted by Gasteiger charge is 2.34. The maximum absolute atomic E-state index is 12.8. The van der Waals surface area contributed by atoms with Crippen molar-refractivity contribution in [1.82, 2.24) is 5.32 Å². The van der Waals surface area contributed by atoms with Crippen LogP contribution in [0.5, 0.6) is 17.2 Å². The SMILES string of the molecule is COc1cccc(N(CCCC(=O)N[C@@H]2CC(C)(C)Oc3ccc(OC)cc32)S(C)(=O)=O)c1. The zero-order valence-corrected chi connectivity index (χ0v) is 20.6. The minimum Gasteiger partial charge on any atom is -0.497 e. The van der Waals surface area contributed by atoms with E-state index in [1.54, 1.807) is 31.4 Å². The summed E-state index contributed by atoms with van der Waals surface area (Å²) in [6.07, 6.45) is 2.32. The van der Waals surface area contributed by atoms with Crippen molar-refractivity contribution in [1.29, 1.82) is 0 Å². The van der Waals surface area contributed by atoms with Gasteiger partial charge in [-0.1, -0.05) is 6.07 Å². The number of amides is 1. The number of nitrogens with zero attached hydrogens (tertiary/aromatic N) is 1. The monoisotopic (exact) mass is 476 g/mol. The molecule has 0 bridgehead atoms. The van der Waals surface area contributed by atoms with Crippen molar-refractivity contribution in [2.75, 3.05) is 31.3 Å². The molecular weight excluding hydrogens is 444 g/mol. The molecule has 1 aliphatic rings. The van der Waals surface area contributed by atoms with E-state index in [4.69, 9.17) is 14.2 Å². The summed E-state index contributed by atoms with van der Waals surface area (Å²) in [6, 6.07) is 12.2. The Morgan fingerprint density at radius 2 is 1.85 bits per heavy atom. The lowest BCUT2D eigenvalue weighted by atomic mass is 9.89. The molecule has 8 nitrogen and oxygen atoms in total. The van der Waals surface area contributed by atoms with Crippen molar-refractivity contribution >= 4 is 21.6 Å². The number of sulfonamides is 1. The van der Waals surface area contributed by atoms with Crippen LogP contribution in [0.15, 0.2) is 42.5 Å². The van der Waals surface area contributed by atoms with E-state index < -0.39 is 15.6 Å². The summed E-state index contributed by atoms with van der Waals surface area (Å²) in [7, 11) is -0.392. The highest BCUT2D eigenvalue weighted by molar-refractivity contribution is 7.92. The second kappa shape index (κ2) is 9.91. The first kappa shape index (κ1) is 24.7. The number of nitrogens with one attached hydrogen (secondary N) is 1. The molecule has 0 fully saturated rings. The number of ether oxygens (including phenoxy) is 3. The maximum atomic E-state index is 12.8. The van der Waals surface area contributed by atoms with Gasteiger partial charge in [-0.3, -0.25) is 9.10 Å². The average Bonchev–Trinajstić information content (AvgIpc) is 2.75. The van der Waals surface area contributed by atoms with Gasteiger partial charge in [-0.05, 0) is 50.6 Å². The van der Waals surface area contributed by atoms with E-state index in [1.165, 1.54) is 11.4 Å². The second-order valence-corrected chi connectivity index (χ2v) is 10.6. The molecule has 3 rings (SSSR count). The molecule has 0 saturated heterocycles. The summed E-state index contributed by atoms with van der Waals surface area (Å²) < 4.78 is 42.6. The zero-order valence-electron chi connectivity index (χ0n) is 19.8. The maximum Gasteiger partial charge on any atom is 0.232 e. The minimum atomic E-state index is -3.52. The summed E-state index contributed by atoms with van der Waals surface area (Å²) in [5.74, 6) is 1.83. The Morgan fingerprint density at radius 1 is 1.15 bits per heavy atom. The van der Waals surface area contributed by atoms with Crippen LogP contribution in [-0.2, 0) is 14.8 Å². The first-order valence-electron chi connectivity index (χ1n) is 10.8. The van der Waals surface area contributed by atoms with Gasteiger partial charge in [0.25, 0.3) is 0 Å². The van der Waals surface area contributed by atoms with Crippen LogP contribution in [0, 0.1) is 0 Å². The molecule has 9 heteroatoms. The van der Waals surface area contributed by atoms with E-state index in [-0.39, 0.29) is 24.9 Å². The number of rotatable bonds is 9. The molecule has 0 aliphatic carbocycles. The van der Waals surface area contributed by atoms with Gasteiger partial charge in [0.1, 0.15) is 22.8 Å². The van der Waals surface area contributed by atoms with E-state index in [2.05, 4.69) is 5.32 Å². The van der Waals surface area contributed by atoms with Gasteiger partial charge in [-0.2, -0.15) is 0 Å². The molecule has 0 radical (unpaired) electrons. The average molecular weight is 477 g/mol. The molecule has 180 valence electrons. The van der Waals surface area contributed by atoms with Crippen LogP contribution in [0.4, 0.5) is 5.69 Å². The van der Waals surface area contributed by atoms with Gasteiger partial charge in [0, 0.05) is 31.0 Å². The summed E-state index contributed by atoms with van der Waals surface area (Å²) in [5.41, 5.74) is 0.944. The highest BCUT2D eigenvalue weighted by atomic mass is 32.2. The second-order valence-electron chi connectivity index (χ2n) is 8.73. The molecule has 1 aliphatic heterocycles. The van der Waals surface area contributed by atoms with Crippen molar-refractivity contribution in [3.63, 3.8) is 0 Å². The van der Waals surface area contributed by atoms with Gasteiger partial charge in [0.2, 0.25) is 15.9 Å². The fraction of sp³-hybridized carbons (Fsp3) is 0.458. The molecule has 1 N–H and O–H groups in total. The number of fused-ring (bicyclic) bond motifs is 1. The standard InChI is InChI=1S/C24H32N2O6S/c1-24(2)16-21(20-15-19(31-4)11-12-22(20)32-24)25-23(27)10-7-13-26(33(5,28)29)17-8-6-9-18(14-17)30-3/h6,8-9,11-12,14-15,21H,7,10,13,16H2,1-5H3,(H,25,27)/t21-/m1/s1. The van der Waals surface area contributed by atoms with Gasteiger partial charge in [-0.15, -0.1) is 0 Å². The van der Waals surface area contributed by atoms with Crippen LogP contribution in [-0.4, -0.2) is 46.9 Å². The number of hydrogen-bond acceptors (Lipinski definition) is 6. The van der Waals surface area contributed by atoms with Crippen LogP contribution < -0.4 is 23.8 Å². The van der Waals surface area contributed by atoms with E-state index in [1.807, 2.05) is 32.0 Å². The van der Waals surface area contributed by atoms with Gasteiger partial charge >= 0.3 is 0 Å². The van der Waals surface area contributed by atoms with Crippen molar-refractivity contribution in [2.45, 2.75) is 44.8 Å². The predicted molar refractivity (Wildman–Crippen MR) is 128 cm³/mol. The smallest absolute Gasteiger partial charge is 0.232 e. The zero-order chi connectivity index (χ0) is 24.2. The quantitative estimate of drug-likeness (QED) is 0.594. The normalized spacial score (nSPS) is 16.8. The van der Waals surface area contributed by atoms with Gasteiger partial charge in [-0.25, -0.2) is 8.42 Å². The fourth-order valence-electron chi connectivity index (χ4n) is 3.99. The van der Waals surface area contributed by atoms with E-state index in [0.29, 0.717) is 30.0 Å². The predicted octanol–water partition coefficient (Wildman–Crippen LogP) is 3.67. The molecule has 2 aromatic rings. The summed E-state index contributed by atoms with van der Waals surface area (Å²) in [4.78, 5) is 12.8. The lowest BCUT2D eigenvalue weighted by molar-refractivity contribution is -0.122. The third-order valence-corrected chi connectivity index (χ3v) is 6.71. The fourth-order valence-corrected chi connectivity index (χ4v) is 4.95. The molecule has 1 heterocycles. The Kier molecular flexibility index (Phi) is 7.41. The Labute approximate surface area is 195 Å². The number of carbonyl (C=O) groups is 1. The van der Waals surface area contributed by atoms with E-state index in [9.17, 15) is 13.2 Å². The van der Waals surface area contributed by atoms with E-state index in [0.717, 1.165) is 17.6 Å². The van der Waals surface area contributed by atoms with Crippen LogP contribution in [0.25, 0.3) is 0 Å². The van der Waals surface area contributed by atoms with Crippen molar-refractivity contribution in [3.05, 3.63) is 48.0 Å². The van der Waals surface area contributed by atoms with Crippen molar-refractivity contribution in [2.24, 2.45) is 0 Å². The van der Waals surface area contributed by atoms with Crippen LogP contribution in [0.2, 0.25) is 0 Å². The first-order valence-corrected chi connectivity index (χ1v) is 12.7. The largest absolute Gasteiger partial charge is 0.497 e. The molecular formula is C24H32N2O6S. The van der Waals surface area contributed by atoms with E-state index >= 15 is 0 Å².